The quantitative estimate of drug-likeness (QED) is 0.897. The minimum absolute atomic E-state index is 0.0333. The van der Waals surface area contributed by atoms with Gasteiger partial charge in [-0.15, -0.1) is 0 Å². The van der Waals surface area contributed by atoms with E-state index >= 15 is 0 Å². The van der Waals surface area contributed by atoms with Gasteiger partial charge < -0.3 is 10.2 Å². The molecule has 1 aromatic rings. The average molecular weight is 280 g/mol. The molecule has 1 N–H and O–H groups in total. The van der Waals surface area contributed by atoms with Gasteiger partial charge in [0, 0.05) is 43.1 Å². The summed E-state index contributed by atoms with van der Waals surface area (Å²) < 4.78 is 27.4. The van der Waals surface area contributed by atoms with E-state index < -0.39 is 11.6 Å². The molecular weight excluding hydrogens is 262 g/mol. The van der Waals surface area contributed by atoms with Crippen LogP contribution in [0, 0.1) is 17.6 Å². The molecule has 0 spiro atoms. The maximum Gasteiger partial charge on any atom is 0.226 e. The molecule has 2 fully saturated rings. The number of rotatable bonds is 2. The molecule has 0 radical (unpaired) electrons. The summed E-state index contributed by atoms with van der Waals surface area (Å²) in [6.45, 7) is 4.15. The number of nitrogens with one attached hydrogen (secondary N) is 1. The molecule has 3 nitrogen and oxygen atoms in total. The molecule has 20 heavy (non-hydrogen) atoms. The van der Waals surface area contributed by atoms with Crippen molar-refractivity contribution in [1.82, 2.24) is 10.2 Å². The molecule has 1 aromatic carbocycles. The summed E-state index contributed by atoms with van der Waals surface area (Å²) in [5.41, 5.74) is 0.0778. The Balaban J connectivity index is 1.71. The van der Waals surface area contributed by atoms with E-state index in [2.05, 4.69) is 5.32 Å². The van der Waals surface area contributed by atoms with Gasteiger partial charge in [-0.05, 0) is 25.5 Å². The highest BCUT2D eigenvalue weighted by Crippen LogP contribution is 2.50. The number of carbonyl (C=O) groups is 1. The van der Waals surface area contributed by atoms with Crippen molar-refractivity contribution >= 4 is 5.91 Å². The molecule has 1 aliphatic carbocycles. The number of carbonyl (C=O) groups excluding carboxylic acids is 1. The van der Waals surface area contributed by atoms with Crippen LogP contribution in [-0.4, -0.2) is 36.5 Å². The summed E-state index contributed by atoms with van der Waals surface area (Å²) in [5, 5.41) is 3.27. The zero-order valence-corrected chi connectivity index (χ0v) is 11.4. The van der Waals surface area contributed by atoms with Gasteiger partial charge in [0.15, 0.2) is 0 Å². The lowest BCUT2D eigenvalue weighted by molar-refractivity contribution is -0.133. The number of benzene rings is 1. The summed E-state index contributed by atoms with van der Waals surface area (Å²) in [5.74, 6) is -1.61. The van der Waals surface area contributed by atoms with Crippen molar-refractivity contribution in [3.63, 3.8) is 0 Å². The van der Waals surface area contributed by atoms with Crippen LogP contribution in [0.15, 0.2) is 18.2 Å². The Morgan fingerprint density at radius 3 is 2.70 bits per heavy atom. The first-order chi connectivity index (χ1) is 9.58. The largest absolute Gasteiger partial charge is 0.340 e. The van der Waals surface area contributed by atoms with E-state index in [9.17, 15) is 13.6 Å². The SMILES string of the molecule is CC1CN(C(=O)C2CC2c2c(F)cccc2F)CCN1. The Hall–Kier alpha value is -1.49. The number of hydrogen-bond acceptors (Lipinski definition) is 2. The van der Waals surface area contributed by atoms with Gasteiger partial charge in [-0.2, -0.15) is 0 Å². The first-order valence-electron chi connectivity index (χ1n) is 7.04. The van der Waals surface area contributed by atoms with Gasteiger partial charge in [0.1, 0.15) is 11.6 Å². The van der Waals surface area contributed by atoms with Gasteiger partial charge >= 0.3 is 0 Å². The van der Waals surface area contributed by atoms with Crippen LogP contribution < -0.4 is 5.32 Å². The molecule has 3 unspecified atom stereocenters. The molecule has 1 saturated heterocycles. The second-order valence-corrected chi connectivity index (χ2v) is 5.72. The van der Waals surface area contributed by atoms with Crippen LogP contribution in [0.25, 0.3) is 0 Å². The summed E-state index contributed by atoms with van der Waals surface area (Å²) in [6.07, 6.45) is 0.551. The second-order valence-electron chi connectivity index (χ2n) is 5.72. The molecular formula is C15H18F2N2O. The van der Waals surface area contributed by atoms with Gasteiger partial charge in [-0.3, -0.25) is 4.79 Å². The average Bonchev–Trinajstić information content (AvgIpc) is 3.18. The summed E-state index contributed by atoms with van der Waals surface area (Å²) in [6, 6.07) is 4.14. The standard InChI is InChI=1S/C15H18F2N2O/c1-9-8-19(6-5-18-9)15(20)11-7-10(11)14-12(16)3-2-4-13(14)17/h2-4,9-11,18H,5-8H2,1H3. The fourth-order valence-corrected chi connectivity index (χ4v) is 3.02. The van der Waals surface area contributed by atoms with Crippen LogP contribution >= 0.6 is 0 Å². The van der Waals surface area contributed by atoms with E-state index in [4.69, 9.17) is 0 Å². The van der Waals surface area contributed by atoms with Crippen molar-refractivity contribution in [1.29, 1.82) is 0 Å². The highest BCUT2D eigenvalue weighted by Gasteiger charge is 2.48. The smallest absolute Gasteiger partial charge is 0.226 e. The van der Waals surface area contributed by atoms with Crippen molar-refractivity contribution in [2.24, 2.45) is 5.92 Å². The first kappa shape index (κ1) is 13.5. The zero-order chi connectivity index (χ0) is 14.3. The molecule has 3 rings (SSSR count). The third-order valence-electron chi connectivity index (χ3n) is 4.16. The van der Waals surface area contributed by atoms with Gasteiger partial charge in [0.2, 0.25) is 5.91 Å². The molecule has 0 bridgehead atoms. The van der Waals surface area contributed by atoms with Crippen LogP contribution in [0.4, 0.5) is 8.78 Å². The Labute approximate surface area is 117 Å². The zero-order valence-electron chi connectivity index (χ0n) is 11.4. The van der Waals surface area contributed by atoms with E-state index in [1.165, 1.54) is 18.2 Å². The minimum atomic E-state index is -0.543. The Morgan fingerprint density at radius 2 is 2.05 bits per heavy atom. The molecule has 1 heterocycles. The van der Waals surface area contributed by atoms with Crippen molar-refractivity contribution < 1.29 is 13.6 Å². The van der Waals surface area contributed by atoms with Crippen LogP contribution in [0.1, 0.15) is 24.8 Å². The molecule has 108 valence electrons. The van der Waals surface area contributed by atoms with Crippen molar-refractivity contribution in [2.75, 3.05) is 19.6 Å². The fourth-order valence-electron chi connectivity index (χ4n) is 3.02. The summed E-state index contributed by atoms with van der Waals surface area (Å²) in [7, 11) is 0. The topological polar surface area (TPSA) is 32.3 Å². The number of halogens is 2. The monoisotopic (exact) mass is 280 g/mol. The predicted octanol–water partition coefficient (Wildman–Crippen LogP) is 1.89. The third kappa shape index (κ3) is 2.42. The van der Waals surface area contributed by atoms with E-state index in [1.807, 2.05) is 11.8 Å². The number of piperazine rings is 1. The lowest BCUT2D eigenvalue weighted by Crippen LogP contribution is -2.51. The van der Waals surface area contributed by atoms with E-state index in [-0.39, 0.29) is 29.3 Å². The van der Waals surface area contributed by atoms with Crippen LogP contribution in [0.3, 0.4) is 0 Å². The maximum atomic E-state index is 13.7. The van der Waals surface area contributed by atoms with E-state index in [0.29, 0.717) is 19.5 Å². The third-order valence-corrected chi connectivity index (χ3v) is 4.16. The van der Waals surface area contributed by atoms with E-state index in [0.717, 1.165) is 6.54 Å². The van der Waals surface area contributed by atoms with E-state index in [1.54, 1.807) is 0 Å². The summed E-state index contributed by atoms with van der Waals surface area (Å²) in [4.78, 5) is 14.2. The number of nitrogens with zero attached hydrogens (tertiary/aromatic N) is 1. The molecule has 5 heteroatoms. The summed E-state index contributed by atoms with van der Waals surface area (Å²) >= 11 is 0. The highest BCUT2D eigenvalue weighted by atomic mass is 19.1. The second kappa shape index (κ2) is 5.13. The Kier molecular flexibility index (Phi) is 3.46. The van der Waals surface area contributed by atoms with Gasteiger partial charge in [0.05, 0.1) is 0 Å². The molecule has 1 amide bonds. The normalized spacial score (nSPS) is 29.4. The molecule has 2 aliphatic rings. The Bertz CT molecular complexity index is 514. The lowest BCUT2D eigenvalue weighted by atomic mass is 10.1. The van der Waals surface area contributed by atoms with Crippen molar-refractivity contribution in [2.45, 2.75) is 25.3 Å². The first-order valence-corrected chi connectivity index (χ1v) is 7.04. The van der Waals surface area contributed by atoms with Gasteiger partial charge in [-0.25, -0.2) is 8.78 Å². The van der Waals surface area contributed by atoms with Crippen LogP contribution in [0.5, 0.6) is 0 Å². The molecule has 1 saturated carbocycles. The van der Waals surface area contributed by atoms with Crippen molar-refractivity contribution in [3.8, 4) is 0 Å². The Morgan fingerprint density at radius 1 is 1.35 bits per heavy atom. The van der Waals surface area contributed by atoms with Crippen LogP contribution in [-0.2, 0) is 4.79 Å². The maximum absolute atomic E-state index is 13.7. The molecule has 1 aliphatic heterocycles. The highest BCUT2D eigenvalue weighted by molar-refractivity contribution is 5.83. The van der Waals surface area contributed by atoms with Gasteiger partial charge in [0.25, 0.3) is 0 Å². The number of hydrogen-bond donors (Lipinski definition) is 1. The minimum Gasteiger partial charge on any atom is -0.340 e. The molecule has 0 aromatic heterocycles. The predicted molar refractivity (Wildman–Crippen MR) is 71.3 cm³/mol. The van der Waals surface area contributed by atoms with Crippen LogP contribution in [0.2, 0.25) is 0 Å². The lowest BCUT2D eigenvalue weighted by Gasteiger charge is -2.32. The van der Waals surface area contributed by atoms with Crippen molar-refractivity contribution in [3.05, 3.63) is 35.4 Å². The fraction of sp³-hybridized carbons (Fsp3) is 0.533. The molecule has 3 atom stereocenters. The number of amides is 1. The van der Waals surface area contributed by atoms with Gasteiger partial charge in [-0.1, -0.05) is 6.07 Å².